The van der Waals surface area contributed by atoms with Crippen LogP contribution in [-0.4, -0.2) is 11.5 Å². The Labute approximate surface area is 95.3 Å². The van der Waals surface area contributed by atoms with E-state index in [-0.39, 0.29) is 5.92 Å². The molecule has 1 aromatic carbocycles. The van der Waals surface area contributed by atoms with Crippen LogP contribution < -0.4 is 0 Å². The molecule has 0 aromatic heterocycles. The molecule has 0 saturated heterocycles. The molecule has 0 radical (unpaired) electrons. The van der Waals surface area contributed by atoms with Gasteiger partial charge in [-0.15, -0.1) is 11.8 Å². The summed E-state index contributed by atoms with van der Waals surface area (Å²) in [4.78, 5) is 13.1. The Balaban J connectivity index is 2.46. The van der Waals surface area contributed by atoms with Crippen molar-refractivity contribution in [3.05, 3.63) is 29.3 Å². The first-order chi connectivity index (χ1) is 7.09. The molecular formula is C13H16OS. The summed E-state index contributed by atoms with van der Waals surface area (Å²) in [5, 5.41) is 0. The molecule has 0 N–H and O–H groups in total. The molecule has 0 fully saturated rings. The summed E-state index contributed by atoms with van der Waals surface area (Å²) in [6.07, 6.45) is 0. The van der Waals surface area contributed by atoms with E-state index >= 15 is 0 Å². The van der Waals surface area contributed by atoms with E-state index in [0.717, 1.165) is 16.2 Å². The molecule has 0 saturated carbocycles. The number of rotatable bonds is 1. The summed E-state index contributed by atoms with van der Waals surface area (Å²) in [7, 11) is 0. The van der Waals surface area contributed by atoms with Crippen molar-refractivity contribution in [2.24, 2.45) is 5.92 Å². The van der Waals surface area contributed by atoms with Crippen molar-refractivity contribution in [2.45, 2.75) is 31.6 Å². The Hall–Kier alpha value is -0.760. The smallest absolute Gasteiger partial charge is 0.167 e. The van der Waals surface area contributed by atoms with Crippen LogP contribution in [0.25, 0.3) is 0 Å². The molecule has 2 heteroatoms. The number of ketones is 1. The average molecular weight is 220 g/mol. The number of Topliss-reactive ketones (excluding diaryl/α,β-unsaturated/α-hetero) is 1. The monoisotopic (exact) mass is 220 g/mol. The molecule has 0 bridgehead atoms. The number of hydrogen-bond acceptors (Lipinski definition) is 2. The van der Waals surface area contributed by atoms with Gasteiger partial charge in [0.05, 0.1) is 0 Å². The highest BCUT2D eigenvalue weighted by molar-refractivity contribution is 7.99. The highest BCUT2D eigenvalue weighted by Crippen LogP contribution is 2.34. The molecule has 15 heavy (non-hydrogen) atoms. The molecule has 2 rings (SSSR count). The van der Waals surface area contributed by atoms with Gasteiger partial charge in [0.1, 0.15) is 0 Å². The first kappa shape index (κ1) is 10.7. The summed E-state index contributed by atoms with van der Waals surface area (Å²) >= 11 is 1.80. The van der Waals surface area contributed by atoms with E-state index < -0.39 is 0 Å². The zero-order chi connectivity index (χ0) is 11.0. The molecule has 1 aliphatic heterocycles. The minimum atomic E-state index is 0.171. The van der Waals surface area contributed by atoms with E-state index in [2.05, 4.69) is 32.0 Å². The lowest BCUT2D eigenvalue weighted by Crippen LogP contribution is -2.19. The number of fused-ring (bicyclic) bond motifs is 1. The van der Waals surface area contributed by atoms with Crippen LogP contribution in [0, 0.1) is 5.92 Å². The summed E-state index contributed by atoms with van der Waals surface area (Å²) in [6, 6.07) is 6.31. The van der Waals surface area contributed by atoms with Crippen LogP contribution in [0.1, 0.15) is 42.6 Å². The van der Waals surface area contributed by atoms with E-state index in [1.165, 1.54) is 5.56 Å². The summed E-state index contributed by atoms with van der Waals surface area (Å²) in [6.45, 7) is 6.33. The Morgan fingerprint density at radius 1 is 1.40 bits per heavy atom. The van der Waals surface area contributed by atoms with E-state index in [9.17, 15) is 4.79 Å². The number of carbonyl (C=O) groups excluding carboxylic acids is 1. The van der Waals surface area contributed by atoms with Crippen molar-refractivity contribution in [2.75, 3.05) is 5.75 Å². The van der Waals surface area contributed by atoms with Gasteiger partial charge < -0.3 is 0 Å². The fraction of sp³-hybridized carbons (Fsp3) is 0.462. The van der Waals surface area contributed by atoms with Gasteiger partial charge in [0.2, 0.25) is 0 Å². The van der Waals surface area contributed by atoms with Crippen LogP contribution in [0.4, 0.5) is 0 Å². The Morgan fingerprint density at radius 2 is 2.13 bits per heavy atom. The molecule has 80 valence electrons. The maximum atomic E-state index is 12.0. The Morgan fingerprint density at radius 3 is 2.80 bits per heavy atom. The van der Waals surface area contributed by atoms with Crippen LogP contribution in [0.5, 0.6) is 0 Å². The van der Waals surface area contributed by atoms with Gasteiger partial charge in [-0.25, -0.2) is 0 Å². The molecular weight excluding hydrogens is 204 g/mol. The lowest BCUT2D eigenvalue weighted by molar-refractivity contribution is 0.0936. The SMILES string of the molecule is CC1CSc2ccc(C(C)C)cc2C1=O. The van der Waals surface area contributed by atoms with E-state index in [1.807, 2.05) is 6.92 Å². The number of benzene rings is 1. The molecule has 1 aliphatic rings. The third kappa shape index (κ3) is 1.96. The fourth-order valence-electron chi connectivity index (χ4n) is 1.78. The van der Waals surface area contributed by atoms with Crippen molar-refractivity contribution >= 4 is 17.5 Å². The third-order valence-corrected chi connectivity index (χ3v) is 4.21. The van der Waals surface area contributed by atoms with Gasteiger partial charge in [-0.05, 0) is 23.6 Å². The van der Waals surface area contributed by atoms with Crippen molar-refractivity contribution in [1.29, 1.82) is 0 Å². The van der Waals surface area contributed by atoms with Crippen molar-refractivity contribution in [1.82, 2.24) is 0 Å². The first-order valence-electron chi connectivity index (χ1n) is 5.40. The number of hydrogen-bond donors (Lipinski definition) is 0. The van der Waals surface area contributed by atoms with Gasteiger partial charge in [0, 0.05) is 22.1 Å². The molecule has 0 aliphatic carbocycles. The van der Waals surface area contributed by atoms with Crippen LogP contribution in [0.2, 0.25) is 0 Å². The highest BCUT2D eigenvalue weighted by Gasteiger charge is 2.24. The summed E-state index contributed by atoms with van der Waals surface area (Å²) in [5.74, 6) is 1.90. The van der Waals surface area contributed by atoms with Crippen molar-refractivity contribution < 1.29 is 4.79 Å². The van der Waals surface area contributed by atoms with Gasteiger partial charge in [0.15, 0.2) is 5.78 Å². The molecule has 1 nitrogen and oxygen atoms in total. The maximum absolute atomic E-state index is 12.0. The maximum Gasteiger partial charge on any atom is 0.167 e. The lowest BCUT2D eigenvalue weighted by atomic mass is 9.95. The van der Waals surface area contributed by atoms with Gasteiger partial charge in [-0.3, -0.25) is 4.79 Å². The first-order valence-corrected chi connectivity index (χ1v) is 6.39. The summed E-state index contributed by atoms with van der Waals surface area (Å²) in [5.41, 5.74) is 2.20. The molecule has 1 aromatic rings. The van der Waals surface area contributed by atoms with Crippen molar-refractivity contribution in [3.8, 4) is 0 Å². The van der Waals surface area contributed by atoms with Crippen molar-refractivity contribution in [3.63, 3.8) is 0 Å². The molecule has 0 amide bonds. The van der Waals surface area contributed by atoms with Crippen LogP contribution in [0.3, 0.4) is 0 Å². The van der Waals surface area contributed by atoms with E-state index in [0.29, 0.717) is 11.7 Å². The Kier molecular flexibility index (Phi) is 2.87. The zero-order valence-corrected chi connectivity index (χ0v) is 10.2. The zero-order valence-electron chi connectivity index (χ0n) is 9.41. The van der Waals surface area contributed by atoms with Crippen LogP contribution in [-0.2, 0) is 0 Å². The molecule has 1 heterocycles. The number of thioether (sulfide) groups is 1. The molecule has 0 spiro atoms. The number of carbonyl (C=O) groups is 1. The minimum absolute atomic E-state index is 0.171. The van der Waals surface area contributed by atoms with Gasteiger partial charge in [-0.2, -0.15) is 0 Å². The quantitative estimate of drug-likeness (QED) is 0.717. The standard InChI is InChI=1S/C13H16OS/c1-8(2)10-4-5-12-11(6-10)13(14)9(3)7-15-12/h4-6,8-9H,7H2,1-3H3. The predicted octanol–water partition coefficient (Wildman–Crippen LogP) is 3.73. The highest BCUT2D eigenvalue weighted by atomic mass is 32.2. The Bertz CT molecular complexity index is 396. The molecule has 1 atom stereocenters. The minimum Gasteiger partial charge on any atom is -0.294 e. The molecule has 1 unspecified atom stereocenters. The van der Waals surface area contributed by atoms with Crippen LogP contribution >= 0.6 is 11.8 Å². The predicted molar refractivity (Wildman–Crippen MR) is 64.7 cm³/mol. The normalized spacial score (nSPS) is 20.5. The summed E-state index contributed by atoms with van der Waals surface area (Å²) < 4.78 is 0. The largest absolute Gasteiger partial charge is 0.294 e. The fourth-order valence-corrected chi connectivity index (χ4v) is 2.84. The topological polar surface area (TPSA) is 17.1 Å². The second kappa shape index (κ2) is 4.01. The van der Waals surface area contributed by atoms with E-state index in [4.69, 9.17) is 0 Å². The second-order valence-electron chi connectivity index (χ2n) is 4.49. The van der Waals surface area contributed by atoms with Gasteiger partial charge >= 0.3 is 0 Å². The van der Waals surface area contributed by atoms with Gasteiger partial charge in [0.25, 0.3) is 0 Å². The van der Waals surface area contributed by atoms with Crippen LogP contribution in [0.15, 0.2) is 23.1 Å². The second-order valence-corrected chi connectivity index (χ2v) is 5.55. The third-order valence-electron chi connectivity index (χ3n) is 2.87. The van der Waals surface area contributed by atoms with E-state index in [1.54, 1.807) is 11.8 Å². The lowest BCUT2D eigenvalue weighted by Gasteiger charge is -2.20. The van der Waals surface area contributed by atoms with Gasteiger partial charge in [-0.1, -0.05) is 26.8 Å². The average Bonchev–Trinajstić information content (AvgIpc) is 2.23.